The summed E-state index contributed by atoms with van der Waals surface area (Å²) in [6, 6.07) is 2.36. The highest BCUT2D eigenvalue weighted by Crippen LogP contribution is 2.25. The largest absolute Gasteiger partial charge is 0.291 e. The molecule has 0 spiro atoms. The number of nitrogens with zero attached hydrogens (tertiary/aromatic N) is 3. The van der Waals surface area contributed by atoms with Crippen LogP contribution in [0.5, 0.6) is 0 Å². The van der Waals surface area contributed by atoms with Gasteiger partial charge in [0.25, 0.3) is 0 Å². The second-order valence-electron chi connectivity index (χ2n) is 4.54. The summed E-state index contributed by atoms with van der Waals surface area (Å²) in [4.78, 5) is 11.2. The van der Waals surface area contributed by atoms with Crippen molar-refractivity contribution < 1.29 is 0 Å². The van der Waals surface area contributed by atoms with Gasteiger partial charge in [-0.2, -0.15) is 11.8 Å². The maximum Gasteiger partial charge on any atom is 0.144 e. The minimum atomic E-state index is 0.541. The van der Waals surface area contributed by atoms with E-state index in [0.29, 0.717) is 16.4 Å². The Labute approximate surface area is 112 Å². The monoisotopic (exact) mass is 271 g/mol. The van der Waals surface area contributed by atoms with Gasteiger partial charge in [-0.3, -0.25) is 4.90 Å². The van der Waals surface area contributed by atoms with Crippen molar-refractivity contribution in [3.05, 3.63) is 22.7 Å². The molecular weight excluding hydrogens is 254 g/mol. The van der Waals surface area contributed by atoms with Crippen LogP contribution in [0.4, 0.5) is 0 Å². The Kier molecular flexibility index (Phi) is 4.28. The maximum atomic E-state index is 5.96. The van der Waals surface area contributed by atoms with Crippen LogP contribution in [0, 0.1) is 6.92 Å². The number of aromatic nitrogens is 2. The zero-order valence-electron chi connectivity index (χ0n) is 10.5. The number of rotatable bonds is 2. The molecule has 0 N–H and O–H groups in total. The van der Waals surface area contributed by atoms with E-state index in [2.05, 4.69) is 28.7 Å². The van der Waals surface area contributed by atoms with E-state index in [9.17, 15) is 0 Å². The third-order valence-electron chi connectivity index (χ3n) is 3.23. The van der Waals surface area contributed by atoms with Gasteiger partial charge in [0.15, 0.2) is 0 Å². The average molecular weight is 272 g/mol. The van der Waals surface area contributed by atoms with Crippen molar-refractivity contribution in [1.82, 2.24) is 14.9 Å². The van der Waals surface area contributed by atoms with Gasteiger partial charge in [-0.05, 0) is 19.9 Å². The zero-order chi connectivity index (χ0) is 12.4. The van der Waals surface area contributed by atoms with Gasteiger partial charge in [0.2, 0.25) is 0 Å². The molecule has 1 fully saturated rings. The van der Waals surface area contributed by atoms with Crippen LogP contribution in [0.25, 0.3) is 0 Å². The third-order valence-corrected chi connectivity index (χ3v) is 4.76. The summed E-state index contributed by atoms with van der Waals surface area (Å²) in [6.45, 7) is 8.41. The zero-order valence-corrected chi connectivity index (χ0v) is 12.1. The molecule has 1 aromatic rings. The summed E-state index contributed by atoms with van der Waals surface area (Å²) in [6.07, 6.45) is 0. The van der Waals surface area contributed by atoms with Gasteiger partial charge in [0.05, 0.1) is 6.54 Å². The van der Waals surface area contributed by atoms with Crippen molar-refractivity contribution in [2.45, 2.75) is 38.6 Å². The lowest BCUT2D eigenvalue weighted by atomic mass is 10.2. The molecule has 1 aromatic heterocycles. The Morgan fingerprint density at radius 1 is 1.47 bits per heavy atom. The Morgan fingerprint density at radius 3 is 2.94 bits per heavy atom. The summed E-state index contributed by atoms with van der Waals surface area (Å²) in [5, 5.41) is 1.21. The summed E-state index contributed by atoms with van der Waals surface area (Å²) in [7, 11) is 0. The molecule has 1 aliphatic rings. The number of halogens is 1. The highest BCUT2D eigenvalue weighted by atomic mass is 35.5. The molecule has 0 saturated carbocycles. The van der Waals surface area contributed by atoms with Gasteiger partial charge >= 0.3 is 0 Å². The van der Waals surface area contributed by atoms with Crippen LogP contribution in [-0.2, 0) is 6.54 Å². The molecule has 2 atom stereocenters. The first-order chi connectivity index (χ1) is 8.06. The fraction of sp³-hybridized carbons (Fsp3) is 0.667. The van der Waals surface area contributed by atoms with E-state index in [1.54, 1.807) is 6.07 Å². The minimum absolute atomic E-state index is 0.541. The van der Waals surface area contributed by atoms with Gasteiger partial charge in [-0.1, -0.05) is 18.5 Å². The Bertz CT molecular complexity index is 379. The van der Waals surface area contributed by atoms with Crippen LogP contribution < -0.4 is 0 Å². The number of hydrogen-bond donors (Lipinski definition) is 0. The van der Waals surface area contributed by atoms with Gasteiger partial charge in [-0.15, -0.1) is 0 Å². The third kappa shape index (κ3) is 3.33. The van der Waals surface area contributed by atoms with Crippen molar-refractivity contribution in [3.8, 4) is 0 Å². The lowest BCUT2D eigenvalue weighted by Gasteiger charge is -2.36. The summed E-state index contributed by atoms with van der Waals surface area (Å²) in [5.41, 5.74) is 0.937. The molecule has 3 nitrogen and oxygen atoms in total. The molecule has 0 bridgehead atoms. The van der Waals surface area contributed by atoms with Gasteiger partial charge < -0.3 is 0 Å². The van der Waals surface area contributed by atoms with Crippen LogP contribution in [0.15, 0.2) is 6.07 Å². The van der Waals surface area contributed by atoms with Crippen molar-refractivity contribution >= 4 is 23.4 Å². The Hall–Kier alpha value is -0.320. The molecule has 2 rings (SSSR count). The molecular formula is C12H18ClN3S. The molecule has 1 saturated heterocycles. The first kappa shape index (κ1) is 13.1. The van der Waals surface area contributed by atoms with Crippen LogP contribution in [0.3, 0.4) is 0 Å². The van der Waals surface area contributed by atoms with E-state index in [1.807, 2.05) is 18.7 Å². The molecule has 5 heteroatoms. The smallest absolute Gasteiger partial charge is 0.144 e. The summed E-state index contributed by atoms with van der Waals surface area (Å²) in [5.74, 6) is 2.02. The topological polar surface area (TPSA) is 29.0 Å². The predicted octanol–water partition coefficient (Wildman–Crippen LogP) is 2.76. The number of aryl methyl sites for hydroxylation is 1. The second kappa shape index (κ2) is 5.55. The fourth-order valence-corrected chi connectivity index (χ4v) is 3.48. The molecule has 94 valence electrons. The highest BCUT2D eigenvalue weighted by molar-refractivity contribution is 8.00. The first-order valence-electron chi connectivity index (χ1n) is 5.92. The fourth-order valence-electron chi connectivity index (χ4n) is 2.06. The Morgan fingerprint density at radius 2 is 2.24 bits per heavy atom. The quantitative estimate of drug-likeness (QED) is 0.774. The molecule has 2 heterocycles. The highest BCUT2D eigenvalue weighted by Gasteiger charge is 2.25. The molecule has 17 heavy (non-hydrogen) atoms. The normalized spacial score (nSPS) is 26.1. The van der Waals surface area contributed by atoms with E-state index >= 15 is 0 Å². The van der Waals surface area contributed by atoms with Gasteiger partial charge in [0, 0.05) is 29.3 Å². The maximum absolute atomic E-state index is 5.96. The lowest BCUT2D eigenvalue weighted by Crippen LogP contribution is -2.44. The SMILES string of the molecule is Cc1cc(Cl)nc(CN2CCSC(C)C2C)n1. The second-order valence-corrected chi connectivity index (χ2v) is 6.41. The molecule has 0 aromatic carbocycles. The van der Waals surface area contributed by atoms with Crippen molar-refractivity contribution in [3.63, 3.8) is 0 Å². The molecule has 0 radical (unpaired) electrons. The molecule has 0 amide bonds. The molecule has 2 unspecified atom stereocenters. The first-order valence-corrected chi connectivity index (χ1v) is 7.34. The predicted molar refractivity (Wildman–Crippen MR) is 73.6 cm³/mol. The van der Waals surface area contributed by atoms with Gasteiger partial charge in [-0.25, -0.2) is 9.97 Å². The number of thioether (sulfide) groups is 1. The lowest BCUT2D eigenvalue weighted by molar-refractivity contribution is 0.199. The van der Waals surface area contributed by atoms with E-state index in [4.69, 9.17) is 11.6 Å². The number of hydrogen-bond acceptors (Lipinski definition) is 4. The summed E-state index contributed by atoms with van der Waals surface area (Å²) < 4.78 is 0. The summed E-state index contributed by atoms with van der Waals surface area (Å²) >= 11 is 8.00. The van der Waals surface area contributed by atoms with Crippen molar-refractivity contribution in [1.29, 1.82) is 0 Å². The standard InChI is InChI=1S/C12H18ClN3S/c1-8-6-11(13)15-12(14-8)7-16-4-5-17-10(3)9(16)2/h6,9-10H,4-5,7H2,1-3H3. The average Bonchev–Trinajstić information content (AvgIpc) is 2.23. The minimum Gasteiger partial charge on any atom is -0.291 e. The molecule has 0 aliphatic carbocycles. The van der Waals surface area contributed by atoms with Crippen molar-refractivity contribution in [2.75, 3.05) is 12.3 Å². The van der Waals surface area contributed by atoms with Crippen LogP contribution in [-0.4, -0.2) is 38.5 Å². The van der Waals surface area contributed by atoms with E-state index < -0.39 is 0 Å². The van der Waals surface area contributed by atoms with Crippen LogP contribution in [0.1, 0.15) is 25.4 Å². The van der Waals surface area contributed by atoms with E-state index in [0.717, 1.165) is 24.6 Å². The Balaban J connectivity index is 2.09. The molecule has 1 aliphatic heterocycles. The van der Waals surface area contributed by atoms with E-state index in [-0.39, 0.29) is 0 Å². The van der Waals surface area contributed by atoms with Crippen LogP contribution >= 0.6 is 23.4 Å². The van der Waals surface area contributed by atoms with Crippen LogP contribution in [0.2, 0.25) is 5.15 Å². The van der Waals surface area contributed by atoms with Crippen molar-refractivity contribution in [2.24, 2.45) is 0 Å². The van der Waals surface area contributed by atoms with Gasteiger partial charge in [0.1, 0.15) is 11.0 Å². The van der Waals surface area contributed by atoms with E-state index in [1.165, 1.54) is 5.75 Å².